The van der Waals surface area contributed by atoms with Gasteiger partial charge >= 0.3 is 0 Å². The van der Waals surface area contributed by atoms with Crippen LogP contribution in [0.25, 0.3) is 0 Å². The van der Waals surface area contributed by atoms with Crippen molar-refractivity contribution in [1.82, 2.24) is 4.31 Å². The first-order valence-electron chi connectivity index (χ1n) is 12.3. The minimum absolute atomic E-state index is 0.0256. The zero-order valence-electron chi connectivity index (χ0n) is 23.8. The Kier molecular flexibility index (Phi) is 8.36. The van der Waals surface area contributed by atoms with E-state index in [9.17, 15) is 32.1 Å². The summed E-state index contributed by atoms with van der Waals surface area (Å²) in [5, 5.41) is 21.5. The molecule has 0 heterocycles. The predicted molar refractivity (Wildman–Crippen MR) is 128 cm³/mol. The molecule has 2 rings (SSSR count). The van der Waals surface area contributed by atoms with E-state index in [2.05, 4.69) is 0 Å². The lowest BCUT2D eigenvalue weighted by molar-refractivity contribution is -0.384. The zero-order chi connectivity index (χ0) is 30.5. The number of nitrogens with two attached hydrogens (primary N) is 1. The van der Waals surface area contributed by atoms with Crippen molar-refractivity contribution in [2.24, 2.45) is 11.7 Å². The molecular weight excluding hydrogens is 486 g/mol. The third kappa shape index (κ3) is 10.7. The maximum absolute atomic E-state index is 13.2. The van der Waals surface area contributed by atoms with E-state index in [-0.39, 0.29) is 35.0 Å². The molecule has 2 atom stereocenters. The maximum Gasteiger partial charge on any atom is 0.269 e. The maximum atomic E-state index is 13.2. The number of benzene rings is 2. The summed E-state index contributed by atoms with van der Waals surface area (Å²) in [6, 6.07) is 0.745. The minimum atomic E-state index is -4.14. The molecule has 34 heavy (non-hydrogen) atoms. The van der Waals surface area contributed by atoms with Crippen LogP contribution in [0, 0.1) is 16.0 Å². The van der Waals surface area contributed by atoms with Gasteiger partial charge in [-0.25, -0.2) is 8.42 Å². The topological polar surface area (TPSA) is 181 Å². The number of nitrogens with zero attached hydrogens (tertiary/aromatic N) is 2. The molecule has 0 saturated heterocycles. The van der Waals surface area contributed by atoms with Gasteiger partial charge in [0.25, 0.3) is 15.8 Å². The first-order chi connectivity index (χ1) is 17.7. The van der Waals surface area contributed by atoms with Gasteiger partial charge in [-0.15, -0.1) is 0 Å². The number of nitro groups is 1. The third-order valence-corrected chi connectivity index (χ3v) is 5.98. The lowest BCUT2D eigenvalue weighted by Crippen LogP contribution is -2.47. The van der Waals surface area contributed by atoms with E-state index < -0.39 is 74.0 Å². The Balaban J connectivity index is 0.00000139. The number of non-ortho nitro benzene ring substituents is 1. The van der Waals surface area contributed by atoms with Crippen LogP contribution in [0.5, 0.6) is 0 Å². The second-order valence-corrected chi connectivity index (χ2v) is 11.1. The molecule has 0 amide bonds. The van der Waals surface area contributed by atoms with Gasteiger partial charge in [-0.2, -0.15) is 12.7 Å². The van der Waals surface area contributed by atoms with Crippen LogP contribution in [0.2, 0.25) is 0 Å². The van der Waals surface area contributed by atoms with Crippen LogP contribution in [-0.2, 0) is 26.6 Å². The summed E-state index contributed by atoms with van der Waals surface area (Å²) < 4.78 is 92.4. The van der Waals surface area contributed by atoms with Gasteiger partial charge in [0.05, 0.1) is 29.0 Å². The smallest absolute Gasteiger partial charge is 0.269 e. The van der Waals surface area contributed by atoms with Gasteiger partial charge < -0.3 is 10.8 Å². The van der Waals surface area contributed by atoms with Gasteiger partial charge in [-0.1, -0.05) is 44.1 Å². The van der Waals surface area contributed by atoms with Crippen LogP contribution in [0.1, 0.15) is 26.3 Å². The number of sulfonamides is 1. The fourth-order valence-corrected chi connectivity index (χ4v) is 4.28. The van der Waals surface area contributed by atoms with Crippen LogP contribution in [0.15, 0.2) is 59.4 Å². The van der Waals surface area contributed by atoms with E-state index in [1.165, 1.54) is 0 Å². The lowest BCUT2D eigenvalue weighted by atomic mass is 10.0. The lowest BCUT2D eigenvalue weighted by Gasteiger charge is -2.28. The van der Waals surface area contributed by atoms with Crippen LogP contribution in [0.4, 0.5) is 5.69 Å². The van der Waals surface area contributed by atoms with Gasteiger partial charge in [0.1, 0.15) is 0 Å². The average molecular weight is 523 g/mol. The summed E-state index contributed by atoms with van der Waals surface area (Å²) in [5.74, 6) is -0.128. The molecule has 0 aliphatic heterocycles. The number of nitro benzene ring substituents is 1. The van der Waals surface area contributed by atoms with Gasteiger partial charge in [-0.05, 0) is 30.0 Å². The Hall–Kier alpha value is -2.42. The van der Waals surface area contributed by atoms with Crippen molar-refractivity contribution in [3.05, 3.63) is 70.2 Å². The molecule has 0 unspecified atom stereocenters. The Morgan fingerprint density at radius 2 is 1.59 bits per heavy atom. The Bertz CT molecular complexity index is 1350. The molecule has 0 spiro atoms. The van der Waals surface area contributed by atoms with Gasteiger partial charge in [-0.3, -0.25) is 14.7 Å². The Labute approximate surface area is 207 Å². The highest BCUT2D eigenvalue weighted by atomic mass is 32.2. The van der Waals surface area contributed by atoms with Crippen molar-refractivity contribution in [2.75, 3.05) is 19.3 Å². The number of hydrogen-bond donors (Lipinski definition) is 3. The Morgan fingerprint density at radius 1 is 1.09 bits per heavy atom. The summed E-state index contributed by atoms with van der Waals surface area (Å²) in [4.78, 5) is 10.0. The standard InChI is InChI=1S/C20H27N3O5S.CH4O3S/c1-15(2)13-22(14-20(24)19(21)12-16-6-4-3-5-7-16)29(27,28)18-10-8-17(9-11-18)23(25)26;1-5(2,3)4/h3-11,15,19-20,24H,12-14,21H2,1-2H3;1H3,(H,2,3,4)/t19-,20+;/m0./s1/i3D,4D,5D,6D,7D;. The number of rotatable bonds is 10. The van der Waals surface area contributed by atoms with Crippen molar-refractivity contribution < 1.29 is 38.3 Å². The molecule has 2 aromatic carbocycles. The van der Waals surface area contributed by atoms with Gasteiger partial charge in [0.15, 0.2) is 0 Å². The molecular formula is C21H31N3O8S2. The highest BCUT2D eigenvalue weighted by Gasteiger charge is 2.29. The van der Waals surface area contributed by atoms with Crippen LogP contribution >= 0.6 is 0 Å². The number of aliphatic hydroxyl groups excluding tert-OH is 1. The average Bonchev–Trinajstić information content (AvgIpc) is 2.82. The summed E-state index contributed by atoms with van der Waals surface area (Å²) in [6.07, 6.45) is -0.985. The van der Waals surface area contributed by atoms with Gasteiger partial charge in [0, 0.05) is 31.3 Å². The van der Waals surface area contributed by atoms with Crippen molar-refractivity contribution in [1.29, 1.82) is 0 Å². The quantitative estimate of drug-likeness (QED) is 0.237. The second-order valence-electron chi connectivity index (χ2n) is 7.74. The molecule has 11 nitrogen and oxygen atoms in total. The predicted octanol–water partition coefficient (Wildman–Crippen LogP) is 1.68. The van der Waals surface area contributed by atoms with Crippen LogP contribution in [0.3, 0.4) is 0 Å². The number of aliphatic hydroxyl groups is 1. The molecule has 190 valence electrons. The monoisotopic (exact) mass is 522 g/mol. The fraction of sp³-hybridized carbons (Fsp3) is 0.429. The van der Waals surface area contributed by atoms with Crippen LogP contribution < -0.4 is 5.73 Å². The normalized spacial score (nSPS) is 15.8. The SMILES string of the molecule is CS(=O)(=O)O.[2H]c1c([2H])c([2H])c(C[C@H](N)[C@H](O)CN(CC(C)C)S(=O)(=O)c2ccc([N+](=O)[O-])cc2)c([2H])c1[2H]. The first-order valence-corrected chi connectivity index (χ1v) is 13.1. The van der Waals surface area contributed by atoms with Crippen molar-refractivity contribution in [3.63, 3.8) is 0 Å². The Morgan fingerprint density at radius 3 is 2.03 bits per heavy atom. The van der Waals surface area contributed by atoms with Gasteiger partial charge in [0.2, 0.25) is 10.0 Å². The molecule has 2 aromatic rings. The van der Waals surface area contributed by atoms with E-state index in [1.54, 1.807) is 13.8 Å². The molecule has 4 N–H and O–H groups in total. The second kappa shape index (κ2) is 12.9. The van der Waals surface area contributed by atoms with Crippen molar-refractivity contribution in [3.8, 4) is 0 Å². The fourth-order valence-electron chi connectivity index (χ4n) is 2.66. The largest absolute Gasteiger partial charge is 0.390 e. The van der Waals surface area contributed by atoms with Crippen molar-refractivity contribution >= 4 is 25.8 Å². The molecule has 0 aliphatic rings. The molecule has 0 aliphatic carbocycles. The molecule has 0 bridgehead atoms. The number of hydrogen-bond acceptors (Lipinski definition) is 8. The molecule has 0 radical (unpaired) electrons. The minimum Gasteiger partial charge on any atom is -0.390 e. The van der Waals surface area contributed by atoms with E-state index >= 15 is 0 Å². The summed E-state index contributed by atoms with van der Waals surface area (Å²) in [6.45, 7) is 3.16. The van der Waals surface area contributed by atoms with E-state index in [0.29, 0.717) is 6.26 Å². The molecule has 0 aromatic heterocycles. The molecule has 0 saturated carbocycles. The van der Waals surface area contributed by atoms with Crippen LogP contribution in [-0.4, -0.2) is 67.2 Å². The summed E-state index contributed by atoms with van der Waals surface area (Å²) >= 11 is 0. The summed E-state index contributed by atoms with van der Waals surface area (Å²) in [7, 11) is -7.81. The zero-order valence-corrected chi connectivity index (χ0v) is 20.4. The van der Waals surface area contributed by atoms with Crippen molar-refractivity contribution in [2.45, 2.75) is 37.3 Å². The van der Waals surface area contributed by atoms with E-state index in [0.717, 1.165) is 28.6 Å². The molecule has 0 fully saturated rings. The third-order valence-electron chi connectivity index (χ3n) is 4.13. The highest BCUT2D eigenvalue weighted by molar-refractivity contribution is 7.89. The summed E-state index contributed by atoms with van der Waals surface area (Å²) in [5.41, 5.74) is 5.71. The van der Waals surface area contributed by atoms with E-state index in [1.807, 2.05) is 0 Å². The van der Waals surface area contributed by atoms with E-state index in [4.69, 9.17) is 17.1 Å². The first kappa shape index (κ1) is 22.1. The highest BCUT2D eigenvalue weighted by Crippen LogP contribution is 2.21. The molecule has 13 heteroatoms.